The SMILES string of the molecule is Cc1ccc(-c2ccc(N(C)N)cc2)cc1. The molecule has 0 saturated heterocycles. The average Bonchev–Trinajstić information content (AvgIpc) is 2.30. The van der Waals surface area contributed by atoms with E-state index in [9.17, 15) is 0 Å². The molecule has 0 fully saturated rings. The zero-order valence-electron chi connectivity index (χ0n) is 9.64. The zero-order chi connectivity index (χ0) is 11.5. The van der Waals surface area contributed by atoms with Crippen LogP contribution in [0, 0.1) is 6.92 Å². The topological polar surface area (TPSA) is 29.3 Å². The monoisotopic (exact) mass is 212 g/mol. The van der Waals surface area contributed by atoms with Gasteiger partial charge in [-0.25, -0.2) is 5.84 Å². The van der Waals surface area contributed by atoms with Gasteiger partial charge in [0.2, 0.25) is 0 Å². The second kappa shape index (κ2) is 4.37. The second-order valence-corrected chi connectivity index (χ2v) is 4.02. The molecule has 0 saturated carbocycles. The molecular formula is C14H16N2. The van der Waals surface area contributed by atoms with Gasteiger partial charge in [-0.3, -0.25) is 0 Å². The predicted molar refractivity (Wildman–Crippen MR) is 69.2 cm³/mol. The molecule has 2 nitrogen and oxygen atoms in total. The van der Waals surface area contributed by atoms with Gasteiger partial charge in [-0.1, -0.05) is 42.0 Å². The molecule has 0 aromatic heterocycles. The van der Waals surface area contributed by atoms with Gasteiger partial charge in [0.15, 0.2) is 0 Å². The molecule has 0 aliphatic heterocycles. The van der Waals surface area contributed by atoms with E-state index in [2.05, 4.69) is 43.3 Å². The number of anilines is 1. The van der Waals surface area contributed by atoms with Crippen LogP contribution in [-0.4, -0.2) is 7.05 Å². The summed E-state index contributed by atoms with van der Waals surface area (Å²) in [5, 5.41) is 1.61. The Morgan fingerprint density at radius 1 is 0.812 bits per heavy atom. The van der Waals surface area contributed by atoms with Crippen molar-refractivity contribution in [3.8, 4) is 11.1 Å². The van der Waals surface area contributed by atoms with E-state index in [1.165, 1.54) is 16.7 Å². The highest BCUT2D eigenvalue weighted by atomic mass is 15.4. The fourth-order valence-corrected chi connectivity index (χ4v) is 1.64. The van der Waals surface area contributed by atoms with Gasteiger partial charge in [0.25, 0.3) is 0 Å². The molecule has 2 aromatic carbocycles. The first-order valence-electron chi connectivity index (χ1n) is 5.32. The first-order valence-corrected chi connectivity index (χ1v) is 5.32. The Hall–Kier alpha value is -1.80. The minimum Gasteiger partial charge on any atom is -0.314 e. The Morgan fingerprint density at radius 2 is 1.25 bits per heavy atom. The second-order valence-electron chi connectivity index (χ2n) is 4.02. The molecule has 0 aliphatic carbocycles. The fourth-order valence-electron chi connectivity index (χ4n) is 1.64. The van der Waals surface area contributed by atoms with Crippen LogP contribution in [0.4, 0.5) is 5.69 Å². The normalized spacial score (nSPS) is 10.2. The van der Waals surface area contributed by atoms with E-state index in [-0.39, 0.29) is 0 Å². The minimum atomic E-state index is 1.01. The lowest BCUT2D eigenvalue weighted by Gasteiger charge is -2.12. The van der Waals surface area contributed by atoms with E-state index in [0.717, 1.165) is 5.69 Å². The number of aryl methyl sites for hydroxylation is 1. The number of hydrogen-bond donors (Lipinski definition) is 1. The number of rotatable bonds is 2. The molecule has 2 aromatic rings. The van der Waals surface area contributed by atoms with Crippen LogP contribution in [-0.2, 0) is 0 Å². The summed E-state index contributed by atoms with van der Waals surface area (Å²) in [6.45, 7) is 2.09. The first kappa shape index (κ1) is 10.7. The van der Waals surface area contributed by atoms with Crippen molar-refractivity contribution >= 4 is 5.69 Å². The van der Waals surface area contributed by atoms with Crippen LogP contribution < -0.4 is 10.9 Å². The van der Waals surface area contributed by atoms with Gasteiger partial charge in [0.1, 0.15) is 0 Å². The highest BCUT2D eigenvalue weighted by Gasteiger charge is 1.98. The first-order chi connectivity index (χ1) is 7.66. The van der Waals surface area contributed by atoms with Gasteiger partial charge in [-0.05, 0) is 30.2 Å². The Balaban J connectivity index is 2.31. The molecule has 0 heterocycles. The molecule has 0 amide bonds. The van der Waals surface area contributed by atoms with Crippen LogP contribution in [0.2, 0.25) is 0 Å². The highest BCUT2D eigenvalue weighted by molar-refractivity contribution is 5.66. The van der Waals surface area contributed by atoms with E-state index in [1.807, 2.05) is 19.2 Å². The number of hydrazine groups is 1. The molecule has 0 spiro atoms. The molecule has 16 heavy (non-hydrogen) atoms. The van der Waals surface area contributed by atoms with Crippen LogP contribution in [0.3, 0.4) is 0 Å². The molecule has 0 unspecified atom stereocenters. The predicted octanol–water partition coefficient (Wildman–Crippen LogP) is 2.97. The van der Waals surface area contributed by atoms with Crippen molar-refractivity contribution in [1.82, 2.24) is 0 Å². The summed E-state index contributed by atoms with van der Waals surface area (Å²) in [4.78, 5) is 0. The maximum Gasteiger partial charge on any atom is 0.0514 e. The third kappa shape index (κ3) is 2.23. The Morgan fingerprint density at radius 3 is 1.69 bits per heavy atom. The van der Waals surface area contributed by atoms with Gasteiger partial charge in [0.05, 0.1) is 5.69 Å². The third-order valence-electron chi connectivity index (χ3n) is 2.66. The smallest absolute Gasteiger partial charge is 0.0514 e. The molecule has 0 bridgehead atoms. The summed E-state index contributed by atoms with van der Waals surface area (Å²) in [7, 11) is 1.83. The van der Waals surface area contributed by atoms with Crippen molar-refractivity contribution in [3.63, 3.8) is 0 Å². The number of nitrogens with zero attached hydrogens (tertiary/aromatic N) is 1. The lowest BCUT2D eigenvalue weighted by molar-refractivity contribution is 1.02. The largest absolute Gasteiger partial charge is 0.314 e. The van der Waals surface area contributed by atoms with E-state index >= 15 is 0 Å². The van der Waals surface area contributed by atoms with Crippen molar-refractivity contribution < 1.29 is 0 Å². The molecule has 2 N–H and O–H groups in total. The van der Waals surface area contributed by atoms with Gasteiger partial charge in [-0.15, -0.1) is 0 Å². The van der Waals surface area contributed by atoms with Crippen molar-refractivity contribution in [1.29, 1.82) is 0 Å². The summed E-state index contributed by atoms with van der Waals surface area (Å²) < 4.78 is 0. The van der Waals surface area contributed by atoms with Crippen LogP contribution in [0.1, 0.15) is 5.56 Å². The summed E-state index contributed by atoms with van der Waals surface area (Å²) in [5.74, 6) is 5.66. The molecule has 0 atom stereocenters. The Labute approximate surface area is 96.3 Å². The highest BCUT2D eigenvalue weighted by Crippen LogP contribution is 2.22. The quantitative estimate of drug-likeness (QED) is 0.612. The van der Waals surface area contributed by atoms with Crippen molar-refractivity contribution in [2.45, 2.75) is 6.92 Å². The summed E-state index contributed by atoms with van der Waals surface area (Å²) in [6, 6.07) is 16.7. The lowest BCUT2D eigenvalue weighted by Crippen LogP contribution is -2.24. The maximum atomic E-state index is 5.66. The van der Waals surface area contributed by atoms with Crippen LogP contribution in [0.15, 0.2) is 48.5 Å². The van der Waals surface area contributed by atoms with E-state index in [1.54, 1.807) is 5.01 Å². The molecule has 0 radical (unpaired) electrons. The number of hydrogen-bond acceptors (Lipinski definition) is 2. The number of nitrogens with two attached hydrogens (primary N) is 1. The van der Waals surface area contributed by atoms with Crippen molar-refractivity contribution in [2.24, 2.45) is 5.84 Å². The third-order valence-corrected chi connectivity index (χ3v) is 2.66. The van der Waals surface area contributed by atoms with Crippen LogP contribution in [0.5, 0.6) is 0 Å². The number of benzene rings is 2. The summed E-state index contributed by atoms with van der Waals surface area (Å²) >= 11 is 0. The summed E-state index contributed by atoms with van der Waals surface area (Å²) in [6.07, 6.45) is 0. The standard InChI is InChI=1S/C14H16N2/c1-11-3-5-12(6-4-11)13-7-9-14(10-8-13)16(2)15/h3-10H,15H2,1-2H3. The van der Waals surface area contributed by atoms with Gasteiger partial charge in [0, 0.05) is 7.05 Å². The van der Waals surface area contributed by atoms with Crippen LogP contribution >= 0.6 is 0 Å². The minimum absolute atomic E-state index is 1.01. The van der Waals surface area contributed by atoms with Gasteiger partial charge >= 0.3 is 0 Å². The lowest BCUT2D eigenvalue weighted by atomic mass is 10.0. The Bertz CT molecular complexity index is 455. The van der Waals surface area contributed by atoms with Crippen molar-refractivity contribution in [2.75, 3.05) is 12.1 Å². The van der Waals surface area contributed by atoms with Gasteiger partial charge in [-0.2, -0.15) is 0 Å². The molecule has 2 heteroatoms. The zero-order valence-corrected chi connectivity index (χ0v) is 9.64. The van der Waals surface area contributed by atoms with E-state index < -0.39 is 0 Å². The average molecular weight is 212 g/mol. The van der Waals surface area contributed by atoms with Crippen molar-refractivity contribution in [3.05, 3.63) is 54.1 Å². The Kier molecular flexibility index (Phi) is 2.93. The molecule has 82 valence electrons. The molecule has 2 rings (SSSR count). The molecular weight excluding hydrogens is 196 g/mol. The van der Waals surface area contributed by atoms with E-state index in [0.29, 0.717) is 0 Å². The maximum absolute atomic E-state index is 5.66. The van der Waals surface area contributed by atoms with E-state index in [4.69, 9.17) is 5.84 Å². The fraction of sp³-hybridized carbons (Fsp3) is 0.143. The summed E-state index contributed by atoms with van der Waals surface area (Å²) in [5.41, 5.74) is 4.74. The van der Waals surface area contributed by atoms with Crippen LogP contribution in [0.25, 0.3) is 11.1 Å². The molecule has 0 aliphatic rings. The van der Waals surface area contributed by atoms with Gasteiger partial charge < -0.3 is 5.01 Å².